The van der Waals surface area contributed by atoms with E-state index < -0.39 is 0 Å². The maximum Gasteiger partial charge on any atom is 0.209 e. The molecule has 0 amide bonds. The molecule has 21 heavy (non-hydrogen) atoms. The third kappa shape index (κ3) is 2.74. The van der Waals surface area contributed by atoms with Gasteiger partial charge in [-0.15, -0.1) is 5.10 Å². The predicted octanol–water partition coefficient (Wildman–Crippen LogP) is 2.83. The lowest BCUT2D eigenvalue weighted by Gasteiger charge is -2.19. The molecule has 0 N–H and O–H groups in total. The summed E-state index contributed by atoms with van der Waals surface area (Å²) in [5, 5.41) is 12.8. The van der Waals surface area contributed by atoms with Crippen molar-refractivity contribution in [2.75, 3.05) is 13.2 Å². The molecule has 1 aliphatic carbocycles. The fourth-order valence-corrected chi connectivity index (χ4v) is 3.77. The van der Waals surface area contributed by atoms with Gasteiger partial charge in [0.2, 0.25) is 5.16 Å². The van der Waals surface area contributed by atoms with E-state index in [1.165, 1.54) is 12.8 Å². The Bertz CT molecular complexity index is 674. The van der Waals surface area contributed by atoms with E-state index in [0.717, 1.165) is 32.4 Å². The van der Waals surface area contributed by atoms with Crippen LogP contribution in [-0.2, 0) is 5.75 Å². The molecule has 8 heteroatoms. The lowest BCUT2D eigenvalue weighted by molar-refractivity contribution is 0.171. The van der Waals surface area contributed by atoms with Gasteiger partial charge in [0.05, 0.1) is 6.04 Å². The van der Waals surface area contributed by atoms with Crippen LogP contribution in [0.15, 0.2) is 21.8 Å². The predicted molar refractivity (Wildman–Crippen MR) is 80.8 cm³/mol. The molecule has 0 bridgehead atoms. The molecular weight excluding hydrogens is 356 g/mol. The number of rotatable bonds is 4. The zero-order valence-electron chi connectivity index (χ0n) is 11.2. The summed E-state index contributed by atoms with van der Waals surface area (Å²) in [4.78, 5) is 0. The summed E-state index contributed by atoms with van der Waals surface area (Å²) in [6.45, 7) is 1.20. The van der Waals surface area contributed by atoms with Crippen LogP contribution in [0.3, 0.4) is 0 Å². The van der Waals surface area contributed by atoms with Crippen molar-refractivity contribution in [2.45, 2.75) is 29.8 Å². The van der Waals surface area contributed by atoms with E-state index in [4.69, 9.17) is 9.47 Å². The Hall–Kier alpha value is -1.28. The molecule has 6 nitrogen and oxygen atoms in total. The molecule has 1 aromatic heterocycles. The number of hydrogen-bond donors (Lipinski definition) is 0. The van der Waals surface area contributed by atoms with Crippen molar-refractivity contribution in [3.05, 3.63) is 22.2 Å². The highest BCUT2D eigenvalue weighted by atomic mass is 79.9. The van der Waals surface area contributed by atoms with E-state index in [0.29, 0.717) is 19.3 Å². The number of aromatic nitrogens is 4. The Morgan fingerprint density at radius 2 is 2.00 bits per heavy atom. The number of fused-ring (bicyclic) bond motifs is 1. The largest absolute Gasteiger partial charge is 0.486 e. The van der Waals surface area contributed by atoms with Crippen molar-refractivity contribution < 1.29 is 9.47 Å². The van der Waals surface area contributed by atoms with Crippen LogP contribution in [0.4, 0.5) is 0 Å². The SMILES string of the molecule is Brc1cc2c(cc1CSc1nnnn1C1CC1)OCCO2. The van der Waals surface area contributed by atoms with Crippen LogP contribution < -0.4 is 9.47 Å². The number of benzene rings is 1. The highest BCUT2D eigenvalue weighted by Crippen LogP contribution is 2.39. The van der Waals surface area contributed by atoms with Gasteiger partial charge in [0.15, 0.2) is 11.5 Å². The summed E-state index contributed by atoms with van der Waals surface area (Å²) in [5.41, 5.74) is 1.15. The minimum Gasteiger partial charge on any atom is -0.486 e. The fraction of sp³-hybridized carbons (Fsp3) is 0.462. The molecule has 1 aliphatic heterocycles. The van der Waals surface area contributed by atoms with Crippen LogP contribution in [0.1, 0.15) is 24.4 Å². The van der Waals surface area contributed by atoms with E-state index in [2.05, 4.69) is 31.5 Å². The van der Waals surface area contributed by atoms with Gasteiger partial charge in [-0.2, -0.15) is 0 Å². The van der Waals surface area contributed by atoms with E-state index in [1.807, 2.05) is 16.8 Å². The third-order valence-electron chi connectivity index (χ3n) is 3.42. The second-order valence-corrected chi connectivity index (χ2v) is 6.81. The van der Waals surface area contributed by atoms with Crippen molar-refractivity contribution in [1.29, 1.82) is 0 Å². The van der Waals surface area contributed by atoms with Gasteiger partial charge in [-0.05, 0) is 41.0 Å². The summed E-state index contributed by atoms with van der Waals surface area (Å²) in [5.74, 6) is 2.39. The van der Waals surface area contributed by atoms with Gasteiger partial charge in [-0.1, -0.05) is 27.7 Å². The highest BCUT2D eigenvalue weighted by Gasteiger charge is 2.28. The fourth-order valence-electron chi connectivity index (χ4n) is 2.19. The molecule has 2 aliphatic rings. The maximum absolute atomic E-state index is 5.63. The summed E-state index contributed by atoms with van der Waals surface area (Å²) < 4.78 is 14.1. The molecule has 0 atom stereocenters. The molecule has 4 rings (SSSR count). The number of tetrazole rings is 1. The monoisotopic (exact) mass is 368 g/mol. The minimum atomic E-state index is 0.492. The second-order valence-electron chi connectivity index (χ2n) is 5.01. The number of nitrogens with zero attached hydrogens (tertiary/aromatic N) is 4. The molecule has 2 aromatic rings. The minimum absolute atomic E-state index is 0.492. The lowest BCUT2D eigenvalue weighted by atomic mass is 10.2. The van der Waals surface area contributed by atoms with E-state index >= 15 is 0 Å². The number of thioether (sulfide) groups is 1. The van der Waals surface area contributed by atoms with Crippen molar-refractivity contribution in [2.24, 2.45) is 0 Å². The summed E-state index contributed by atoms with van der Waals surface area (Å²) in [7, 11) is 0. The van der Waals surface area contributed by atoms with Crippen LogP contribution in [0.5, 0.6) is 11.5 Å². The Balaban J connectivity index is 1.52. The van der Waals surface area contributed by atoms with Crippen LogP contribution in [0.25, 0.3) is 0 Å². The van der Waals surface area contributed by atoms with Crippen molar-refractivity contribution >= 4 is 27.7 Å². The first-order chi connectivity index (χ1) is 10.3. The molecule has 1 fully saturated rings. The van der Waals surface area contributed by atoms with Crippen LogP contribution >= 0.6 is 27.7 Å². The highest BCUT2D eigenvalue weighted by molar-refractivity contribution is 9.10. The smallest absolute Gasteiger partial charge is 0.209 e. The molecular formula is C13H13BrN4O2S. The van der Waals surface area contributed by atoms with Crippen molar-refractivity contribution in [3.8, 4) is 11.5 Å². The Morgan fingerprint density at radius 1 is 1.24 bits per heavy atom. The van der Waals surface area contributed by atoms with Crippen LogP contribution in [0.2, 0.25) is 0 Å². The standard InChI is InChI=1S/C13H13BrN4O2S/c14-10-6-12-11(19-3-4-20-12)5-8(10)7-21-13-15-16-17-18(13)9-1-2-9/h5-6,9H,1-4,7H2. The summed E-state index contributed by atoms with van der Waals surface area (Å²) in [6, 6.07) is 4.48. The van der Waals surface area contributed by atoms with Crippen LogP contribution in [-0.4, -0.2) is 33.4 Å². The van der Waals surface area contributed by atoms with E-state index in [9.17, 15) is 0 Å². The topological polar surface area (TPSA) is 62.1 Å². The van der Waals surface area contributed by atoms with Gasteiger partial charge in [0.1, 0.15) is 13.2 Å². The first-order valence-corrected chi connectivity index (χ1v) is 8.58. The molecule has 1 saturated carbocycles. The Morgan fingerprint density at radius 3 is 2.76 bits per heavy atom. The zero-order valence-corrected chi connectivity index (χ0v) is 13.6. The first kappa shape index (κ1) is 13.4. The molecule has 0 radical (unpaired) electrons. The quantitative estimate of drug-likeness (QED) is 0.773. The molecule has 0 spiro atoms. The van der Waals surface area contributed by atoms with Gasteiger partial charge in [0.25, 0.3) is 0 Å². The summed E-state index contributed by atoms with van der Waals surface area (Å²) >= 11 is 5.23. The van der Waals surface area contributed by atoms with E-state index in [-0.39, 0.29) is 0 Å². The summed E-state index contributed by atoms with van der Waals surface area (Å²) in [6.07, 6.45) is 2.35. The van der Waals surface area contributed by atoms with Crippen molar-refractivity contribution in [3.63, 3.8) is 0 Å². The van der Waals surface area contributed by atoms with Gasteiger partial charge in [-0.25, -0.2) is 4.68 Å². The number of ether oxygens (including phenoxy) is 2. The van der Waals surface area contributed by atoms with Gasteiger partial charge < -0.3 is 9.47 Å². The van der Waals surface area contributed by atoms with Crippen LogP contribution in [0, 0.1) is 0 Å². The average Bonchev–Trinajstić information content (AvgIpc) is 3.24. The lowest BCUT2D eigenvalue weighted by Crippen LogP contribution is -2.15. The zero-order chi connectivity index (χ0) is 14.2. The first-order valence-electron chi connectivity index (χ1n) is 6.80. The van der Waals surface area contributed by atoms with Gasteiger partial charge >= 0.3 is 0 Å². The molecule has 0 unspecified atom stereocenters. The Labute approximate surface area is 134 Å². The average molecular weight is 369 g/mol. The molecule has 110 valence electrons. The Kier molecular flexibility index (Phi) is 3.50. The molecule has 2 heterocycles. The molecule has 0 saturated heterocycles. The van der Waals surface area contributed by atoms with Gasteiger partial charge in [0, 0.05) is 10.2 Å². The molecule has 1 aromatic carbocycles. The third-order valence-corrected chi connectivity index (χ3v) is 5.14. The normalized spacial score (nSPS) is 17.0. The van der Waals surface area contributed by atoms with Gasteiger partial charge in [-0.3, -0.25) is 0 Å². The van der Waals surface area contributed by atoms with Crippen molar-refractivity contribution in [1.82, 2.24) is 20.2 Å². The second kappa shape index (κ2) is 5.49. The number of hydrogen-bond acceptors (Lipinski definition) is 6. The number of halogens is 1. The van der Waals surface area contributed by atoms with E-state index in [1.54, 1.807) is 11.8 Å². The maximum atomic E-state index is 5.63.